The number of ether oxygens (including phenoxy) is 1. The molecule has 110 valence electrons. The van der Waals surface area contributed by atoms with Gasteiger partial charge >= 0.3 is 6.09 Å². The zero-order chi connectivity index (χ0) is 13.7. The highest BCUT2D eigenvalue weighted by atomic mass is 16.6. The van der Waals surface area contributed by atoms with Crippen LogP contribution in [0, 0.1) is 5.92 Å². The molecule has 1 aliphatic heterocycles. The second kappa shape index (κ2) is 7.13. The van der Waals surface area contributed by atoms with Crippen LogP contribution in [0.4, 0.5) is 4.79 Å². The van der Waals surface area contributed by atoms with Crippen molar-refractivity contribution in [3.05, 3.63) is 0 Å². The van der Waals surface area contributed by atoms with Crippen molar-refractivity contribution in [3.8, 4) is 0 Å². The van der Waals surface area contributed by atoms with Crippen LogP contribution in [-0.2, 0) is 4.74 Å². The first-order chi connectivity index (χ1) is 9.22. The molecule has 0 aromatic rings. The van der Waals surface area contributed by atoms with E-state index in [2.05, 4.69) is 12.2 Å². The number of rotatable bonds is 6. The van der Waals surface area contributed by atoms with E-state index in [0.29, 0.717) is 18.7 Å². The van der Waals surface area contributed by atoms with Crippen LogP contribution in [0.3, 0.4) is 0 Å². The van der Waals surface area contributed by atoms with Crippen molar-refractivity contribution in [1.82, 2.24) is 10.2 Å². The Balaban J connectivity index is 1.68. The van der Waals surface area contributed by atoms with Gasteiger partial charge in [-0.2, -0.15) is 0 Å². The van der Waals surface area contributed by atoms with Crippen molar-refractivity contribution in [1.29, 1.82) is 0 Å². The van der Waals surface area contributed by atoms with Gasteiger partial charge in [0.1, 0.15) is 0 Å². The molecule has 0 aromatic carbocycles. The van der Waals surface area contributed by atoms with Gasteiger partial charge in [-0.25, -0.2) is 4.79 Å². The summed E-state index contributed by atoms with van der Waals surface area (Å²) in [5.41, 5.74) is 0. The van der Waals surface area contributed by atoms with Crippen LogP contribution < -0.4 is 5.32 Å². The lowest BCUT2D eigenvalue weighted by Gasteiger charge is -2.34. The quantitative estimate of drug-likeness (QED) is 0.805. The maximum atomic E-state index is 11.6. The second-order valence-electron chi connectivity index (χ2n) is 5.91. The Morgan fingerprint density at radius 1 is 1.26 bits per heavy atom. The first kappa shape index (κ1) is 14.6. The van der Waals surface area contributed by atoms with Gasteiger partial charge in [0.25, 0.3) is 0 Å². The number of amides is 1. The predicted octanol–water partition coefficient (Wildman–Crippen LogP) is 2.78. The van der Waals surface area contributed by atoms with Crippen LogP contribution in [0.1, 0.15) is 52.4 Å². The van der Waals surface area contributed by atoms with E-state index in [0.717, 1.165) is 31.8 Å². The van der Waals surface area contributed by atoms with Crippen molar-refractivity contribution in [2.75, 3.05) is 19.7 Å². The van der Waals surface area contributed by atoms with E-state index in [1.165, 1.54) is 25.7 Å². The summed E-state index contributed by atoms with van der Waals surface area (Å²) in [6.07, 6.45) is 7.38. The Kier molecular flexibility index (Phi) is 5.49. The highest BCUT2D eigenvalue weighted by molar-refractivity contribution is 5.67. The molecule has 2 rings (SSSR count). The Hall–Kier alpha value is -0.770. The molecule has 1 N–H and O–H groups in total. The number of nitrogens with one attached hydrogen (secondary N) is 1. The summed E-state index contributed by atoms with van der Waals surface area (Å²) in [6.45, 7) is 6.26. The van der Waals surface area contributed by atoms with Crippen molar-refractivity contribution in [2.24, 2.45) is 5.92 Å². The molecule has 0 radical (unpaired) electrons. The molecule has 1 saturated heterocycles. The monoisotopic (exact) mass is 268 g/mol. The SMILES string of the molecule is CCOC(=O)N1CCC(NC(CC)CC2CC2)CC1. The average molecular weight is 268 g/mol. The number of carbonyl (C=O) groups excluding carboxylic acids is 1. The molecule has 1 saturated carbocycles. The van der Waals surface area contributed by atoms with Crippen molar-refractivity contribution < 1.29 is 9.53 Å². The van der Waals surface area contributed by atoms with E-state index < -0.39 is 0 Å². The van der Waals surface area contributed by atoms with Crippen LogP contribution in [0.15, 0.2) is 0 Å². The number of carbonyl (C=O) groups is 1. The maximum absolute atomic E-state index is 11.6. The van der Waals surface area contributed by atoms with Gasteiger partial charge in [-0.15, -0.1) is 0 Å². The molecule has 4 nitrogen and oxygen atoms in total. The predicted molar refractivity (Wildman–Crippen MR) is 76.2 cm³/mol. The highest BCUT2D eigenvalue weighted by Gasteiger charge is 2.28. The molecular formula is C15H28N2O2. The van der Waals surface area contributed by atoms with Gasteiger partial charge in [-0.1, -0.05) is 19.8 Å². The summed E-state index contributed by atoms with van der Waals surface area (Å²) < 4.78 is 5.05. The molecule has 1 unspecified atom stereocenters. The minimum atomic E-state index is -0.147. The fourth-order valence-electron chi connectivity index (χ4n) is 2.89. The lowest BCUT2D eigenvalue weighted by Crippen LogP contribution is -2.47. The molecule has 0 bridgehead atoms. The zero-order valence-corrected chi connectivity index (χ0v) is 12.4. The van der Waals surface area contributed by atoms with Crippen LogP contribution in [0.2, 0.25) is 0 Å². The number of hydrogen-bond acceptors (Lipinski definition) is 3. The fraction of sp³-hybridized carbons (Fsp3) is 0.933. The lowest BCUT2D eigenvalue weighted by molar-refractivity contribution is 0.0939. The number of likely N-dealkylation sites (tertiary alicyclic amines) is 1. The van der Waals surface area contributed by atoms with Crippen molar-refractivity contribution >= 4 is 6.09 Å². The zero-order valence-electron chi connectivity index (χ0n) is 12.4. The van der Waals surface area contributed by atoms with Gasteiger partial charge in [-0.3, -0.25) is 0 Å². The number of nitrogens with zero attached hydrogens (tertiary/aromatic N) is 1. The third kappa shape index (κ3) is 4.68. The summed E-state index contributed by atoms with van der Waals surface area (Å²) >= 11 is 0. The maximum Gasteiger partial charge on any atom is 0.409 e. The number of piperidine rings is 1. The van der Waals surface area contributed by atoms with Crippen LogP contribution in [-0.4, -0.2) is 42.8 Å². The summed E-state index contributed by atoms with van der Waals surface area (Å²) in [5.74, 6) is 0.983. The average Bonchev–Trinajstić information content (AvgIpc) is 3.23. The molecule has 1 amide bonds. The van der Waals surface area contributed by atoms with E-state index in [4.69, 9.17) is 4.74 Å². The van der Waals surface area contributed by atoms with E-state index in [9.17, 15) is 4.79 Å². The van der Waals surface area contributed by atoms with E-state index in [1.54, 1.807) is 0 Å². The van der Waals surface area contributed by atoms with Crippen molar-refractivity contribution in [3.63, 3.8) is 0 Å². The molecule has 0 aromatic heterocycles. The second-order valence-corrected chi connectivity index (χ2v) is 5.91. The standard InChI is InChI=1S/C15H28N2O2/c1-3-13(11-12-5-6-12)16-14-7-9-17(10-8-14)15(18)19-4-2/h12-14,16H,3-11H2,1-2H3. The topological polar surface area (TPSA) is 41.6 Å². The van der Waals surface area contributed by atoms with Crippen LogP contribution in [0.25, 0.3) is 0 Å². The number of hydrogen-bond donors (Lipinski definition) is 1. The fourth-order valence-corrected chi connectivity index (χ4v) is 2.89. The van der Waals surface area contributed by atoms with Gasteiger partial charge in [0.15, 0.2) is 0 Å². The molecule has 1 heterocycles. The minimum Gasteiger partial charge on any atom is -0.450 e. The third-order valence-corrected chi connectivity index (χ3v) is 4.30. The molecule has 1 atom stereocenters. The highest BCUT2D eigenvalue weighted by Crippen LogP contribution is 2.34. The molecule has 2 aliphatic rings. The Morgan fingerprint density at radius 2 is 1.95 bits per heavy atom. The molecule has 1 aliphatic carbocycles. The first-order valence-electron chi connectivity index (χ1n) is 7.90. The minimum absolute atomic E-state index is 0.147. The van der Waals surface area contributed by atoms with E-state index >= 15 is 0 Å². The van der Waals surface area contributed by atoms with Gasteiger partial charge in [0, 0.05) is 25.2 Å². The summed E-state index contributed by atoms with van der Waals surface area (Å²) in [4.78, 5) is 13.5. The summed E-state index contributed by atoms with van der Waals surface area (Å²) in [7, 11) is 0. The van der Waals surface area contributed by atoms with E-state index in [1.807, 2.05) is 11.8 Å². The molecule has 4 heteroatoms. The van der Waals surface area contributed by atoms with Crippen molar-refractivity contribution in [2.45, 2.75) is 64.5 Å². The third-order valence-electron chi connectivity index (χ3n) is 4.30. The van der Waals surface area contributed by atoms with Crippen LogP contribution in [0.5, 0.6) is 0 Å². The Bertz CT molecular complexity index is 284. The lowest BCUT2D eigenvalue weighted by atomic mass is 10.0. The molecule has 2 fully saturated rings. The Morgan fingerprint density at radius 3 is 2.47 bits per heavy atom. The smallest absolute Gasteiger partial charge is 0.409 e. The van der Waals surface area contributed by atoms with Gasteiger partial charge in [0.2, 0.25) is 0 Å². The van der Waals surface area contributed by atoms with Gasteiger partial charge in [0.05, 0.1) is 6.61 Å². The van der Waals surface area contributed by atoms with E-state index in [-0.39, 0.29) is 6.09 Å². The summed E-state index contributed by atoms with van der Waals surface area (Å²) in [6, 6.07) is 1.25. The Labute approximate surface area is 116 Å². The summed E-state index contributed by atoms with van der Waals surface area (Å²) in [5, 5.41) is 3.79. The van der Waals surface area contributed by atoms with Gasteiger partial charge < -0.3 is 15.0 Å². The molecule has 0 spiro atoms. The normalized spacial score (nSPS) is 22.3. The van der Waals surface area contributed by atoms with Gasteiger partial charge in [-0.05, 0) is 38.5 Å². The molecular weight excluding hydrogens is 240 g/mol. The van der Waals surface area contributed by atoms with Crippen LogP contribution >= 0.6 is 0 Å². The molecule has 19 heavy (non-hydrogen) atoms. The first-order valence-corrected chi connectivity index (χ1v) is 7.90. The largest absolute Gasteiger partial charge is 0.450 e.